The second-order valence-corrected chi connectivity index (χ2v) is 5.38. The summed E-state index contributed by atoms with van der Waals surface area (Å²) >= 11 is 5.89. The summed E-state index contributed by atoms with van der Waals surface area (Å²) in [5, 5.41) is 5.62. The molecule has 1 N–H and O–H groups in total. The summed E-state index contributed by atoms with van der Waals surface area (Å²) in [6, 6.07) is 19.1. The van der Waals surface area contributed by atoms with Crippen molar-refractivity contribution in [2.75, 3.05) is 7.05 Å². The van der Waals surface area contributed by atoms with Crippen LogP contribution >= 0.6 is 11.6 Å². The van der Waals surface area contributed by atoms with Crippen molar-refractivity contribution in [3.05, 3.63) is 82.6 Å². The molecule has 106 valence electrons. The van der Waals surface area contributed by atoms with E-state index in [1.165, 1.54) is 5.39 Å². The van der Waals surface area contributed by atoms with Gasteiger partial charge in [0, 0.05) is 5.56 Å². The van der Waals surface area contributed by atoms with Crippen LogP contribution in [0.15, 0.2) is 60.7 Å². The topological polar surface area (TPSA) is 12.0 Å². The Morgan fingerprint density at radius 2 is 1.71 bits per heavy atom. The molecule has 1 unspecified atom stereocenters. The third-order valence-electron chi connectivity index (χ3n) is 3.69. The number of rotatable bonds is 3. The monoisotopic (exact) mass is 299 g/mol. The van der Waals surface area contributed by atoms with Gasteiger partial charge in [-0.25, -0.2) is 4.39 Å². The molecular weight excluding hydrogens is 285 g/mol. The average Bonchev–Trinajstić information content (AvgIpc) is 2.52. The molecule has 21 heavy (non-hydrogen) atoms. The second kappa shape index (κ2) is 5.84. The number of nitrogens with one attached hydrogen (secondary N) is 1. The van der Waals surface area contributed by atoms with Crippen LogP contribution in [0.5, 0.6) is 0 Å². The van der Waals surface area contributed by atoms with Crippen LogP contribution in [0.4, 0.5) is 4.39 Å². The van der Waals surface area contributed by atoms with E-state index in [9.17, 15) is 4.39 Å². The van der Waals surface area contributed by atoms with Crippen molar-refractivity contribution in [2.24, 2.45) is 0 Å². The molecule has 1 nitrogen and oxygen atoms in total. The molecule has 3 heteroatoms. The molecule has 0 radical (unpaired) electrons. The minimum Gasteiger partial charge on any atom is -0.309 e. The molecule has 0 aromatic heterocycles. The molecule has 0 heterocycles. The average molecular weight is 300 g/mol. The van der Waals surface area contributed by atoms with Gasteiger partial charge in [0.1, 0.15) is 5.82 Å². The van der Waals surface area contributed by atoms with E-state index in [0.717, 1.165) is 10.9 Å². The summed E-state index contributed by atoms with van der Waals surface area (Å²) in [7, 11) is 1.82. The molecule has 0 amide bonds. The molecule has 0 spiro atoms. The fourth-order valence-electron chi connectivity index (χ4n) is 2.63. The standard InChI is InChI=1S/C18H15ClFN/c1-21-18(15-7-4-8-16(19)17(15)20)14-10-9-12-5-2-3-6-13(12)11-14/h2-11,18,21H,1H3. The lowest BCUT2D eigenvalue weighted by atomic mass is 9.96. The molecular formula is C18H15ClFN. The SMILES string of the molecule is CNC(c1ccc2ccccc2c1)c1cccc(Cl)c1F. The first-order valence-electron chi connectivity index (χ1n) is 6.80. The van der Waals surface area contributed by atoms with Crippen molar-refractivity contribution >= 4 is 22.4 Å². The molecule has 0 fully saturated rings. The lowest BCUT2D eigenvalue weighted by Crippen LogP contribution is -2.19. The largest absolute Gasteiger partial charge is 0.309 e. The highest BCUT2D eigenvalue weighted by molar-refractivity contribution is 6.30. The van der Waals surface area contributed by atoms with Crippen LogP contribution in [0.25, 0.3) is 10.8 Å². The van der Waals surface area contributed by atoms with Crippen LogP contribution in [-0.2, 0) is 0 Å². The summed E-state index contributed by atoms with van der Waals surface area (Å²) in [5.41, 5.74) is 1.57. The van der Waals surface area contributed by atoms with Crippen LogP contribution in [0.1, 0.15) is 17.2 Å². The van der Waals surface area contributed by atoms with Crippen molar-refractivity contribution in [2.45, 2.75) is 6.04 Å². The van der Waals surface area contributed by atoms with Gasteiger partial charge in [-0.05, 0) is 35.5 Å². The molecule has 3 aromatic rings. The van der Waals surface area contributed by atoms with E-state index in [-0.39, 0.29) is 16.9 Å². The van der Waals surface area contributed by atoms with Crippen molar-refractivity contribution in [1.29, 1.82) is 0 Å². The zero-order chi connectivity index (χ0) is 14.8. The summed E-state index contributed by atoms with van der Waals surface area (Å²) in [6.45, 7) is 0. The third kappa shape index (κ3) is 2.65. The predicted octanol–water partition coefficient (Wildman–Crippen LogP) is 4.94. The van der Waals surface area contributed by atoms with Crippen LogP contribution in [0.2, 0.25) is 5.02 Å². The van der Waals surface area contributed by atoms with Gasteiger partial charge in [0.25, 0.3) is 0 Å². The van der Waals surface area contributed by atoms with E-state index in [2.05, 4.69) is 29.6 Å². The maximum atomic E-state index is 14.3. The first-order valence-corrected chi connectivity index (χ1v) is 7.18. The fraction of sp³-hybridized carbons (Fsp3) is 0.111. The predicted molar refractivity (Wildman–Crippen MR) is 86.3 cm³/mol. The van der Waals surface area contributed by atoms with Gasteiger partial charge in [0.05, 0.1) is 11.1 Å². The lowest BCUT2D eigenvalue weighted by Gasteiger charge is -2.19. The van der Waals surface area contributed by atoms with Crippen LogP contribution in [0.3, 0.4) is 0 Å². The minimum atomic E-state index is -0.369. The van der Waals surface area contributed by atoms with Crippen LogP contribution in [-0.4, -0.2) is 7.05 Å². The van der Waals surface area contributed by atoms with E-state index in [1.807, 2.05) is 25.2 Å². The molecule has 3 aromatic carbocycles. The first-order chi connectivity index (χ1) is 10.2. The number of hydrogen-bond donors (Lipinski definition) is 1. The minimum absolute atomic E-state index is 0.147. The maximum Gasteiger partial charge on any atom is 0.146 e. The van der Waals surface area contributed by atoms with Gasteiger partial charge >= 0.3 is 0 Å². The van der Waals surface area contributed by atoms with Gasteiger partial charge in [0.15, 0.2) is 0 Å². The number of fused-ring (bicyclic) bond motifs is 1. The molecule has 3 rings (SSSR count). The van der Waals surface area contributed by atoms with Crippen molar-refractivity contribution < 1.29 is 4.39 Å². The maximum absolute atomic E-state index is 14.3. The number of benzene rings is 3. The summed E-state index contributed by atoms with van der Waals surface area (Å²) in [5.74, 6) is -0.369. The highest BCUT2D eigenvalue weighted by Crippen LogP contribution is 2.29. The van der Waals surface area contributed by atoms with Crippen molar-refractivity contribution in [3.63, 3.8) is 0 Å². The van der Waals surface area contributed by atoms with E-state index >= 15 is 0 Å². The second-order valence-electron chi connectivity index (χ2n) is 4.97. The highest BCUT2D eigenvalue weighted by atomic mass is 35.5. The van der Waals surface area contributed by atoms with Crippen molar-refractivity contribution in [3.8, 4) is 0 Å². The van der Waals surface area contributed by atoms with Crippen LogP contribution < -0.4 is 5.32 Å². The Hall–Kier alpha value is -1.90. The molecule has 0 aliphatic rings. The summed E-state index contributed by atoms with van der Waals surface area (Å²) < 4.78 is 14.3. The van der Waals surface area contributed by atoms with Gasteiger partial charge < -0.3 is 5.32 Å². The zero-order valence-corrected chi connectivity index (χ0v) is 12.4. The Morgan fingerprint density at radius 1 is 0.952 bits per heavy atom. The Bertz CT molecular complexity index is 785. The van der Waals surface area contributed by atoms with Crippen LogP contribution in [0, 0.1) is 5.82 Å². The van der Waals surface area contributed by atoms with E-state index < -0.39 is 0 Å². The summed E-state index contributed by atoms with van der Waals surface area (Å²) in [6.07, 6.45) is 0. The smallest absolute Gasteiger partial charge is 0.146 e. The van der Waals surface area contributed by atoms with Gasteiger partial charge in [0.2, 0.25) is 0 Å². The lowest BCUT2D eigenvalue weighted by molar-refractivity contribution is 0.577. The zero-order valence-electron chi connectivity index (χ0n) is 11.6. The first kappa shape index (κ1) is 14.1. The Labute approximate surface area is 128 Å². The van der Waals surface area contributed by atoms with Gasteiger partial charge in [-0.15, -0.1) is 0 Å². The number of hydrogen-bond acceptors (Lipinski definition) is 1. The summed E-state index contributed by atoms with van der Waals surface area (Å²) in [4.78, 5) is 0. The van der Waals surface area contributed by atoms with Gasteiger partial charge in [-0.1, -0.05) is 60.1 Å². The molecule has 0 saturated carbocycles. The van der Waals surface area contributed by atoms with E-state index in [1.54, 1.807) is 18.2 Å². The fourth-order valence-corrected chi connectivity index (χ4v) is 2.81. The Balaban J connectivity index is 2.11. The number of halogens is 2. The Kier molecular flexibility index (Phi) is 3.91. The quantitative estimate of drug-likeness (QED) is 0.722. The van der Waals surface area contributed by atoms with E-state index in [4.69, 9.17) is 11.6 Å². The van der Waals surface area contributed by atoms with Crippen molar-refractivity contribution in [1.82, 2.24) is 5.32 Å². The molecule has 0 aliphatic heterocycles. The normalized spacial score (nSPS) is 12.5. The van der Waals surface area contributed by atoms with E-state index in [0.29, 0.717) is 5.56 Å². The molecule has 0 bridgehead atoms. The molecule has 0 aliphatic carbocycles. The molecule has 1 atom stereocenters. The Morgan fingerprint density at radius 3 is 2.48 bits per heavy atom. The highest BCUT2D eigenvalue weighted by Gasteiger charge is 2.18. The third-order valence-corrected chi connectivity index (χ3v) is 3.98. The van der Waals surface area contributed by atoms with Gasteiger partial charge in [-0.2, -0.15) is 0 Å². The van der Waals surface area contributed by atoms with Gasteiger partial charge in [-0.3, -0.25) is 0 Å². The molecule has 0 saturated heterocycles.